The van der Waals surface area contributed by atoms with Crippen molar-refractivity contribution in [3.05, 3.63) is 34.9 Å². The zero-order valence-corrected chi connectivity index (χ0v) is 18.1. The zero-order chi connectivity index (χ0) is 24.5. The number of carbonyl (C=O) groups excluding carboxylic acids is 5. The number of hydrogen-bond acceptors (Lipinski definition) is 13. The van der Waals surface area contributed by atoms with Gasteiger partial charge in [0, 0.05) is 13.5 Å². The van der Waals surface area contributed by atoms with E-state index >= 15 is 0 Å². The fraction of sp³-hybridized carbons (Fsp3) is 0.476. The second kappa shape index (κ2) is 11.8. The van der Waals surface area contributed by atoms with Crippen LogP contribution in [0.1, 0.15) is 26.3 Å². The van der Waals surface area contributed by atoms with Crippen molar-refractivity contribution in [2.75, 3.05) is 40.1 Å². The molecule has 34 heavy (non-hydrogen) atoms. The second-order valence-corrected chi connectivity index (χ2v) is 7.23. The van der Waals surface area contributed by atoms with Crippen LogP contribution >= 0.6 is 0 Å². The number of benzene rings is 1. The van der Waals surface area contributed by atoms with Crippen LogP contribution in [-0.2, 0) is 49.1 Å². The Morgan fingerprint density at radius 3 is 1.91 bits per heavy atom. The van der Waals surface area contributed by atoms with Crippen LogP contribution in [0.2, 0.25) is 0 Å². The Kier molecular flexibility index (Phi) is 8.62. The van der Waals surface area contributed by atoms with E-state index in [0.29, 0.717) is 5.56 Å². The van der Waals surface area contributed by atoms with Crippen molar-refractivity contribution < 1.29 is 61.9 Å². The molecule has 0 spiro atoms. The lowest BCUT2D eigenvalue weighted by Crippen LogP contribution is -2.23. The first-order valence-electron chi connectivity index (χ1n) is 10.1. The molecule has 3 atom stereocenters. The van der Waals surface area contributed by atoms with Crippen LogP contribution in [0.15, 0.2) is 18.2 Å². The predicted molar refractivity (Wildman–Crippen MR) is 106 cm³/mol. The average molecular weight is 482 g/mol. The molecule has 0 bridgehead atoms. The smallest absolute Gasteiger partial charge is 0.462 e. The van der Waals surface area contributed by atoms with Gasteiger partial charge in [0.25, 0.3) is 6.47 Å². The van der Waals surface area contributed by atoms with E-state index in [9.17, 15) is 24.0 Å². The van der Waals surface area contributed by atoms with Gasteiger partial charge in [-0.25, -0.2) is 19.2 Å². The molecule has 0 radical (unpaired) electrons. The van der Waals surface area contributed by atoms with E-state index in [2.05, 4.69) is 9.47 Å². The summed E-state index contributed by atoms with van der Waals surface area (Å²) in [7, 11) is 1.43. The van der Waals surface area contributed by atoms with Crippen LogP contribution in [0.3, 0.4) is 0 Å². The molecule has 3 rings (SSSR count). The highest BCUT2D eigenvalue weighted by molar-refractivity contribution is 5.95. The van der Waals surface area contributed by atoms with Crippen molar-refractivity contribution in [3.63, 3.8) is 0 Å². The molecule has 3 unspecified atom stereocenters. The molecule has 0 amide bonds. The standard InChI is InChI=1S/C21H22O13/c1-27-6-15(32-11-22)4-12-2-13(18(23)28-7-16-9-30-20(25)33-16)5-14(3-12)19(24)29-8-17-10-31-21(26)34-17/h2-3,5,11,15-17H,4,6-10H2,1H3. The molecular formula is C21H22O13. The number of rotatable bonds is 12. The molecule has 13 nitrogen and oxygen atoms in total. The average Bonchev–Trinajstić information content (AvgIpc) is 3.43. The number of ether oxygens (including phenoxy) is 8. The third-order valence-corrected chi connectivity index (χ3v) is 4.63. The highest BCUT2D eigenvalue weighted by Crippen LogP contribution is 2.17. The summed E-state index contributed by atoms with van der Waals surface area (Å²) in [5, 5.41) is 0. The molecule has 2 aliphatic rings. The molecule has 1 aromatic rings. The molecule has 2 aliphatic heterocycles. The summed E-state index contributed by atoms with van der Waals surface area (Å²) in [6.07, 6.45) is -3.75. The molecule has 1 aromatic carbocycles. The maximum Gasteiger partial charge on any atom is 0.508 e. The maximum atomic E-state index is 12.6. The van der Waals surface area contributed by atoms with Gasteiger partial charge in [0.15, 0.2) is 12.2 Å². The Morgan fingerprint density at radius 1 is 0.971 bits per heavy atom. The van der Waals surface area contributed by atoms with Gasteiger partial charge in [0.2, 0.25) is 0 Å². The molecule has 2 heterocycles. The van der Waals surface area contributed by atoms with Crippen molar-refractivity contribution in [1.82, 2.24) is 0 Å². The first-order chi connectivity index (χ1) is 16.4. The summed E-state index contributed by atoms with van der Waals surface area (Å²) in [4.78, 5) is 58.0. The fourth-order valence-corrected chi connectivity index (χ4v) is 3.12. The molecule has 0 N–H and O–H groups in total. The van der Waals surface area contributed by atoms with Crippen LogP contribution in [0, 0.1) is 0 Å². The van der Waals surface area contributed by atoms with Gasteiger partial charge >= 0.3 is 24.2 Å². The Morgan fingerprint density at radius 2 is 1.50 bits per heavy atom. The summed E-state index contributed by atoms with van der Waals surface area (Å²) in [6, 6.07) is 4.17. The van der Waals surface area contributed by atoms with Crippen molar-refractivity contribution in [1.29, 1.82) is 0 Å². The normalized spacial score (nSPS) is 19.8. The molecule has 2 saturated heterocycles. The quantitative estimate of drug-likeness (QED) is 0.234. The van der Waals surface area contributed by atoms with Gasteiger partial charge in [-0.1, -0.05) is 0 Å². The number of cyclic esters (lactones) is 4. The van der Waals surface area contributed by atoms with Gasteiger partial charge in [-0.2, -0.15) is 0 Å². The minimum absolute atomic E-state index is 0.00703. The second-order valence-electron chi connectivity index (χ2n) is 7.23. The van der Waals surface area contributed by atoms with E-state index in [1.807, 2.05) is 0 Å². The van der Waals surface area contributed by atoms with E-state index in [-0.39, 0.29) is 57.1 Å². The van der Waals surface area contributed by atoms with Gasteiger partial charge in [-0.15, -0.1) is 0 Å². The minimum atomic E-state index is -0.856. The Balaban J connectivity index is 1.73. The Hall–Kier alpha value is -3.87. The molecule has 13 heteroatoms. The van der Waals surface area contributed by atoms with Gasteiger partial charge < -0.3 is 37.9 Å². The maximum absolute atomic E-state index is 12.6. The first-order valence-corrected chi connectivity index (χ1v) is 10.1. The number of methoxy groups -OCH3 is 1. The van der Waals surface area contributed by atoms with Crippen LogP contribution < -0.4 is 0 Å². The van der Waals surface area contributed by atoms with Crippen LogP contribution in [0.5, 0.6) is 0 Å². The molecular weight excluding hydrogens is 460 g/mol. The third kappa shape index (κ3) is 7.07. The van der Waals surface area contributed by atoms with Gasteiger partial charge in [-0.3, -0.25) is 4.79 Å². The van der Waals surface area contributed by atoms with Crippen molar-refractivity contribution in [2.24, 2.45) is 0 Å². The third-order valence-electron chi connectivity index (χ3n) is 4.63. The van der Waals surface area contributed by atoms with E-state index in [4.69, 9.17) is 28.4 Å². The summed E-state index contributed by atoms with van der Waals surface area (Å²) in [5.74, 6) is -1.59. The van der Waals surface area contributed by atoms with Crippen molar-refractivity contribution in [2.45, 2.75) is 24.7 Å². The molecule has 184 valence electrons. The molecule has 0 aliphatic carbocycles. The Labute approximate surface area is 193 Å². The van der Waals surface area contributed by atoms with Crippen LogP contribution in [0.4, 0.5) is 9.59 Å². The molecule has 0 aromatic heterocycles. The first kappa shape index (κ1) is 24.8. The minimum Gasteiger partial charge on any atom is -0.462 e. The molecule has 0 saturated carbocycles. The van der Waals surface area contributed by atoms with E-state index < -0.39 is 42.6 Å². The summed E-state index contributed by atoms with van der Waals surface area (Å²) >= 11 is 0. The Bertz CT molecular complexity index is 867. The van der Waals surface area contributed by atoms with Gasteiger partial charge in [0.05, 0.1) is 17.7 Å². The van der Waals surface area contributed by atoms with Crippen LogP contribution in [0.25, 0.3) is 0 Å². The zero-order valence-electron chi connectivity index (χ0n) is 18.1. The summed E-state index contributed by atoms with van der Waals surface area (Å²) in [5.41, 5.74) is 0.469. The lowest BCUT2D eigenvalue weighted by Gasteiger charge is -2.16. The number of hydrogen-bond donors (Lipinski definition) is 0. The lowest BCUT2D eigenvalue weighted by molar-refractivity contribution is -0.135. The number of esters is 2. The number of carbonyl (C=O) groups is 5. The van der Waals surface area contributed by atoms with Crippen molar-refractivity contribution >= 4 is 30.7 Å². The van der Waals surface area contributed by atoms with Gasteiger partial charge in [-0.05, 0) is 23.8 Å². The van der Waals surface area contributed by atoms with Crippen molar-refractivity contribution in [3.8, 4) is 0 Å². The highest BCUT2D eigenvalue weighted by atomic mass is 16.8. The predicted octanol–water partition coefficient (Wildman–Crippen LogP) is 0.801. The molecule has 2 fully saturated rings. The SMILES string of the molecule is COCC(Cc1cc(C(=O)OCC2COC(=O)O2)cc(C(=O)OCC2COC(=O)O2)c1)OC=O. The van der Waals surface area contributed by atoms with Crippen LogP contribution in [-0.4, -0.2) is 89.2 Å². The highest BCUT2D eigenvalue weighted by Gasteiger charge is 2.28. The topological polar surface area (TPSA) is 159 Å². The van der Waals surface area contributed by atoms with Gasteiger partial charge in [0.1, 0.15) is 32.5 Å². The van der Waals surface area contributed by atoms with E-state index in [1.54, 1.807) is 0 Å². The lowest BCUT2D eigenvalue weighted by atomic mass is 10.0. The van der Waals surface area contributed by atoms with E-state index in [1.165, 1.54) is 25.3 Å². The van der Waals surface area contributed by atoms with E-state index in [0.717, 1.165) is 0 Å². The largest absolute Gasteiger partial charge is 0.508 e. The fourth-order valence-electron chi connectivity index (χ4n) is 3.12. The monoisotopic (exact) mass is 482 g/mol. The summed E-state index contributed by atoms with van der Waals surface area (Å²) < 4.78 is 39.2. The summed E-state index contributed by atoms with van der Waals surface area (Å²) in [6.45, 7) is -0.258.